The van der Waals surface area contributed by atoms with Crippen LogP contribution in [-0.2, 0) is 50.9 Å². The molecule has 2 amide bonds. The topological polar surface area (TPSA) is 182 Å². The van der Waals surface area contributed by atoms with Crippen LogP contribution in [0, 0.1) is 0 Å². The van der Waals surface area contributed by atoms with Crippen LogP contribution in [0.25, 0.3) is 22.3 Å². The lowest BCUT2D eigenvalue weighted by atomic mass is 10.4. The van der Waals surface area contributed by atoms with Crippen LogP contribution in [0.15, 0.2) is 31.8 Å². The predicted molar refractivity (Wildman–Crippen MR) is 126 cm³/mol. The smallest absolute Gasteiger partial charge is 0.332 e. The fourth-order valence-corrected chi connectivity index (χ4v) is 3.86. The van der Waals surface area contributed by atoms with Gasteiger partial charge < -0.3 is 19.8 Å². The number of carbonyl (C=O) groups excluding carboxylic acids is 2. The molecule has 190 valence electrons. The Labute approximate surface area is 201 Å². The van der Waals surface area contributed by atoms with Crippen molar-refractivity contribution in [2.45, 2.75) is 13.1 Å². The van der Waals surface area contributed by atoms with Gasteiger partial charge >= 0.3 is 11.4 Å². The van der Waals surface area contributed by atoms with E-state index in [1.807, 2.05) is 0 Å². The number of hydrogen-bond acceptors (Lipinski definition) is 8. The Morgan fingerprint density at radius 1 is 0.667 bits per heavy atom. The van der Waals surface area contributed by atoms with Crippen molar-refractivity contribution in [2.24, 2.45) is 28.2 Å². The SMILES string of the molecule is Cn1c(=O)c2c(ncn2CC(=O)NCCNC(=O)Cn2cnc3c2c(=O)n(C)c(=O)n3C)n(C)c1=O. The maximum Gasteiger partial charge on any atom is 0.332 e. The van der Waals surface area contributed by atoms with Gasteiger partial charge in [-0.15, -0.1) is 0 Å². The third-order valence-corrected chi connectivity index (χ3v) is 5.83. The summed E-state index contributed by atoms with van der Waals surface area (Å²) in [5, 5.41) is 5.26. The minimum absolute atomic E-state index is 0.106. The third-order valence-electron chi connectivity index (χ3n) is 5.83. The molecule has 0 saturated heterocycles. The minimum atomic E-state index is -0.562. The number of imidazole rings is 2. The Hall–Kier alpha value is -4.76. The molecule has 0 saturated carbocycles. The van der Waals surface area contributed by atoms with E-state index in [-0.39, 0.29) is 48.5 Å². The van der Waals surface area contributed by atoms with Crippen molar-refractivity contribution in [1.82, 2.24) is 48.0 Å². The van der Waals surface area contributed by atoms with E-state index < -0.39 is 34.3 Å². The summed E-state index contributed by atoms with van der Waals surface area (Å²) in [6.07, 6.45) is 2.62. The Bertz CT molecular complexity index is 1630. The van der Waals surface area contributed by atoms with Gasteiger partial charge in [0.15, 0.2) is 22.3 Å². The van der Waals surface area contributed by atoms with Crippen LogP contribution in [0.4, 0.5) is 0 Å². The number of aryl methyl sites for hydroxylation is 2. The minimum Gasteiger partial charge on any atom is -0.353 e. The van der Waals surface area contributed by atoms with Crippen molar-refractivity contribution in [2.75, 3.05) is 13.1 Å². The van der Waals surface area contributed by atoms with Crippen LogP contribution in [0.2, 0.25) is 0 Å². The van der Waals surface area contributed by atoms with Gasteiger partial charge in [-0.25, -0.2) is 19.6 Å². The first-order chi connectivity index (χ1) is 17.0. The zero-order valence-corrected chi connectivity index (χ0v) is 20.0. The van der Waals surface area contributed by atoms with Crippen molar-refractivity contribution in [1.29, 1.82) is 0 Å². The molecule has 0 atom stereocenters. The molecule has 0 bridgehead atoms. The molecule has 0 unspecified atom stereocenters. The van der Waals surface area contributed by atoms with Gasteiger partial charge in [0.05, 0.1) is 12.7 Å². The fourth-order valence-electron chi connectivity index (χ4n) is 3.86. The zero-order chi connectivity index (χ0) is 26.3. The van der Waals surface area contributed by atoms with Gasteiger partial charge in [0.1, 0.15) is 13.1 Å². The van der Waals surface area contributed by atoms with E-state index in [2.05, 4.69) is 20.6 Å². The highest BCUT2D eigenvalue weighted by atomic mass is 16.2. The lowest BCUT2D eigenvalue weighted by Gasteiger charge is -2.09. The molecule has 0 radical (unpaired) electrons. The summed E-state index contributed by atoms with van der Waals surface area (Å²) in [6, 6.07) is 0. The standard InChI is InChI=1S/C20H24N10O6/c1-25-15-13(17(33)27(3)19(25)35)29(9-23-15)7-11(31)21-5-6-22-12(32)8-30-10-24-16-14(30)18(34)28(4)20(36)26(16)2/h9-10H,5-8H2,1-4H3,(H,21,31)(H,22,32). The first kappa shape index (κ1) is 24.4. The third kappa shape index (κ3) is 4.01. The van der Waals surface area contributed by atoms with E-state index >= 15 is 0 Å². The molecule has 16 nitrogen and oxygen atoms in total. The van der Waals surface area contributed by atoms with Gasteiger partial charge in [-0.1, -0.05) is 0 Å². The molecule has 0 aliphatic rings. The predicted octanol–water partition coefficient (Wildman–Crippen LogP) is -3.89. The summed E-state index contributed by atoms with van der Waals surface area (Å²) in [5.41, 5.74) is -1.58. The van der Waals surface area contributed by atoms with E-state index in [1.165, 1.54) is 59.1 Å². The Morgan fingerprint density at radius 3 is 1.39 bits per heavy atom. The Morgan fingerprint density at radius 2 is 1.03 bits per heavy atom. The van der Waals surface area contributed by atoms with Crippen LogP contribution < -0.4 is 33.1 Å². The first-order valence-electron chi connectivity index (χ1n) is 10.8. The monoisotopic (exact) mass is 500 g/mol. The molecule has 4 aromatic heterocycles. The zero-order valence-electron chi connectivity index (χ0n) is 20.0. The van der Waals surface area contributed by atoms with Crippen LogP contribution in [0.1, 0.15) is 0 Å². The van der Waals surface area contributed by atoms with Crippen molar-refractivity contribution >= 4 is 34.1 Å². The Kier molecular flexibility index (Phi) is 6.17. The second kappa shape index (κ2) is 9.12. The van der Waals surface area contributed by atoms with Crippen molar-refractivity contribution in [3.63, 3.8) is 0 Å². The van der Waals surface area contributed by atoms with E-state index in [0.717, 1.165) is 9.13 Å². The summed E-state index contributed by atoms with van der Waals surface area (Å²) in [4.78, 5) is 81.8. The van der Waals surface area contributed by atoms with E-state index in [9.17, 15) is 28.8 Å². The number of amides is 2. The fraction of sp³-hybridized carbons (Fsp3) is 0.400. The van der Waals surface area contributed by atoms with Gasteiger partial charge in [0.25, 0.3) is 11.1 Å². The molecule has 0 aliphatic heterocycles. The molecule has 4 aromatic rings. The number of rotatable bonds is 7. The highest BCUT2D eigenvalue weighted by Crippen LogP contribution is 2.06. The lowest BCUT2D eigenvalue weighted by Crippen LogP contribution is -2.39. The maximum atomic E-state index is 12.5. The highest BCUT2D eigenvalue weighted by molar-refractivity contribution is 5.80. The molecule has 0 fully saturated rings. The summed E-state index contributed by atoms with van der Waals surface area (Å²) >= 11 is 0. The van der Waals surface area contributed by atoms with Gasteiger partial charge in [-0.2, -0.15) is 0 Å². The average Bonchev–Trinajstić information content (AvgIpc) is 3.46. The van der Waals surface area contributed by atoms with E-state index in [1.54, 1.807) is 0 Å². The number of nitrogens with zero attached hydrogens (tertiary/aromatic N) is 8. The number of nitrogens with one attached hydrogen (secondary N) is 2. The quantitative estimate of drug-likeness (QED) is 0.242. The van der Waals surface area contributed by atoms with Crippen molar-refractivity contribution < 1.29 is 9.59 Å². The summed E-state index contributed by atoms with van der Waals surface area (Å²) in [6.45, 7) is -0.203. The van der Waals surface area contributed by atoms with Gasteiger partial charge in [-0.05, 0) is 0 Å². The van der Waals surface area contributed by atoms with Crippen molar-refractivity contribution in [3.8, 4) is 0 Å². The van der Waals surface area contributed by atoms with Gasteiger partial charge in [-0.3, -0.25) is 37.4 Å². The molecule has 4 heterocycles. The maximum absolute atomic E-state index is 12.5. The molecule has 2 N–H and O–H groups in total. The van der Waals surface area contributed by atoms with Gasteiger partial charge in [0.2, 0.25) is 11.8 Å². The molecule has 0 spiro atoms. The second-order valence-electron chi connectivity index (χ2n) is 8.20. The number of hydrogen-bond donors (Lipinski definition) is 2. The molecule has 4 rings (SSSR count). The summed E-state index contributed by atoms with van der Waals surface area (Å²) in [5.74, 6) is -0.853. The molecule has 0 aromatic carbocycles. The number of aromatic nitrogens is 8. The second-order valence-corrected chi connectivity index (χ2v) is 8.20. The van der Waals surface area contributed by atoms with Crippen molar-refractivity contribution in [3.05, 3.63) is 54.3 Å². The molecule has 16 heteroatoms. The summed E-state index contributed by atoms with van der Waals surface area (Å²) < 4.78 is 7.02. The molecule has 36 heavy (non-hydrogen) atoms. The largest absolute Gasteiger partial charge is 0.353 e. The van der Waals surface area contributed by atoms with E-state index in [0.29, 0.717) is 0 Å². The lowest BCUT2D eigenvalue weighted by molar-refractivity contribution is -0.123. The Balaban J connectivity index is 1.35. The van der Waals surface area contributed by atoms with Crippen LogP contribution >= 0.6 is 0 Å². The first-order valence-corrected chi connectivity index (χ1v) is 10.8. The van der Waals surface area contributed by atoms with Crippen LogP contribution in [0.3, 0.4) is 0 Å². The van der Waals surface area contributed by atoms with Gasteiger partial charge in [0, 0.05) is 41.3 Å². The van der Waals surface area contributed by atoms with Crippen LogP contribution in [-0.4, -0.2) is 62.3 Å². The average molecular weight is 500 g/mol. The highest BCUT2D eigenvalue weighted by Gasteiger charge is 2.17. The normalized spacial score (nSPS) is 11.3. The van der Waals surface area contributed by atoms with E-state index in [4.69, 9.17) is 0 Å². The summed E-state index contributed by atoms with van der Waals surface area (Å²) in [7, 11) is 5.65. The molecular weight excluding hydrogens is 476 g/mol. The number of fused-ring (bicyclic) bond motifs is 2. The molecule has 0 aliphatic carbocycles. The molecular formula is C20H24N10O6. The number of carbonyl (C=O) groups is 2. The van der Waals surface area contributed by atoms with Crippen LogP contribution in [0.5, 0.6) is 0 Å².